The van der Waals surface area contributed by atoms with Gasteiger partial charge in [-0.05, 0) is 43.0 Å². The summed E-state index contributed by atoms with van der Waals surface area (Å²) in [6.45, 7) is 3.56. The van der Waals surface area contributed by atoms with E-state index in [1.54, 1.807) is 0 Å². The standard InChI is InChI=1S/C16H23NO3S/c1-11(18)21-10-15(19)16(20)14-4-2-12(3-5-14)13-6-8-17-9-7-13/h2-5,13,15-17,19-20H,6-10H2,1H3. The van der Waals surface area contributed by atoms with Crippen LogP contribution in [0.1, 0.15) is 42.9 Å². The minimum atomic E-state index is -0.945. The number of carbonyl (C=O) groups excluding carboxylic acids is 1. The molecule has 2 rings (SSSR count). The molecular formula is C16H23NO3S. The lowest BCUT2D eigenvalue weighted by Crippen LogP contribution is -2.26. The maximum absolute atomic E-state index is 10.9. The van der Waals surface area contributed by atoms with Crippen LogP contribution in [0.5, 0.6) is 0 Å². The molecule has 5 heteroatoms. The average molecular weight is 309 g/mol. The molecule has 1 aromatic rings. The number of carbonyl (C=O) groups is 1. The Bertz CT molecular complexity index is 457. The highest BCUT2D eigenvalue weighted by molar-refractivity contribution is 8.13. The summed E-state index contributed by atoms with van der Waals surface area (Å²) in [5.41, 5.74) is 1.99. The molecule has 1 saturated heterocycles. The van der Waals surface area contributed by atoms with Crippen LogP contribution in [0.2, 0.25) is 0 Å². The van der Waals surface area contributed by atoms with Crippen molar-refractivity contribution in [1.29, 1.82) is 0 Å². The molecule has 0 bridgehead atoms. The quantitative estimate of drug-likeness (QED) is 0.774. The summed E-state index contributed by atoms with van der Waals surface area (Å²) >= 11 is 1.03. The fourth-order valence-corrected chi connectivity index (χ4v) is 3.22. The van der Waals surface area contributed by atoms with E-state index in [0.717, 1.165) is 37.7 Å². The van der Waals surface area contributed by atoms with Gasteiger partial charge in [-0.1, -0.05) is 36.0 Å². The van der Waals surface area contributed by atoms with Gasteiger partial charge >= 0.3 is 0 Å². The molecule has 0 radical (unpaired) electrons. The number of aliphatic hydroxyl groups excluding tert-OH is 2. The fraction of sp³-hybridized carbons (Fsp3) is 0.562. The molecule has 1 aliphatic heterocycles. The van der Waals surface area contributed by atoms with Gasteiger partial charge in [0.2, 0.25) is 0 Å². The van der Waals surface area contributed by atoms with Gasteiger partial charge in [0, 0.05) is 12.7 Å². The average Bonchev–Trinajstić information content (AvgIpc) is 2.53. The number of nitrogens with one attached hydrogen (secondary N) is 1. The van der Waals surface area contributed by atoms with Crippen LogP contribution in [0.25, 0.3) is 0 Å². The van der Waals surface area contributed by atoms with E-state index in [1.807, 2.05) is 24.3 Å². The van der Waals surface area contributed by atoms with Gasteiger partial charge in [-0.15, -0.1) is 0 Å². The number of thioether (sulfide) groups is 1. The summed E-state index contributed by atoms with van der Waals surface area (Å²) < 4.78 is 0. The van der Waals surface area contributed by atoms with E-state index < -0.39 is 12.2 Å². The van der Waals surface area contributed by atoms with E-state index in [1.165, 1.54) is 12.5 Å². The summed E-state index contributed by atoms with van der Waals surface area (Å²) in [7, 11) is 0. The van der Waals surface area contributed by atoms with Crippen molar-refractivity contribution in [2.75, 3.05) is 18.8 Å². The molecular weight excluding hydrogens is 286 g/mol. The second kappa shape index (κ2) is 7.94. The first kappa shape index (κ1) is 16.5. The lowest BCUT2D eigenvalue weighted by Gasteiger charge is -2.24. The largest absolute Gasteiger partial charge is 0.389 e. The summed E-state index contributed by atoms with van der Waals surface area (Å²) in [4.78, 5) is 10.9. The van der Waals surface area contributed by atoms with Crippen LogP contribution < -0.4 is 5.32 Å². The van der Waals surface area contributed by atoms with E-state index in [0.29, 0.717) is 11.5 Å². The molecule has 1 aromatic carbocycles. The molecule has 1 heterocycles. The molecule has 2 unspecified atom stereocenters. The second-order valence-corrected chi connectivity index (χ2v) is 6.70. The summed E-state index contributed by atoms with van der Waals surface area (Å²) in [6.07, 6.45) is 0.405. The molecule has 116 valence electrons. The number of rotatable bonds is 5. The van der Waals surface area contributed by atoms with Crippen LogP contribution in [0, 0.1) is 0 Å². The van der Waals surface area contributed by atoms with Crippen LogP contribution in [0.3, 0.4) is 0 Å². The molecule has 0 aromatic heterocycles. The normalized spacial score (nSPS) is 19.2. The van der Waals surface area contributed by atoms with Crippen molar-refractivity contribution in [1.82, 2.24) is 5.32 Å². The molecule has 1 aliphatic rings. The predicted molar refractivity (Wildman–Crippen MR) is 85.4 cm³/mol. The Balaban J connectivity index is 1.95. The zero-order chi connectivity index (χ0) is 15.2. The summed E-state index contributed by atoms with van der Waals surface area (Å²) in [5.74, 6) is 0.794. The maximum Gasteiger partial charge on any atom is 0.185 e. The molecule has 1 fully saturated rings. The SMILES string of the molecule is CC(=O)SCC(O)C(O)c1ccc(C2CCNCC2)cc1. The Morgan fingerprint density at radius 3 is 2.48 bits per heavy atom. The minimum Gasteiger partial charge on any atom is -0.389 e. The third-order valence-corrected chi connectivity index (χ3v) is 4.83. The first-order chi connectivity index (χ1) is 10.1. The Hall–Kier alpha value is -0.880. The van der Waals surface area contributed by atoms with E-state index >= 15 is 0 Å². The Morgan fingerprint density at radius 2 is 1.90 bits per heavy atom. The maximum atomic E-state index is 10.9. The van der Waals surface area contributed by atoms with Gasteiger partial charge < -0.3 is 15.5 Å². The van der Waals surface area contributed by atoms with Gasteiger partial charge in [0.1, 0.15) is 6.10 Å². The highest BCUT2D eigenvalue weighted by Gasteiger charge is 2.20. The molecule has 4 nitrogen and oxygen atoms in total. The Labute approximate surface area is 129 Å². The molecule has 0 spiro atoms. The predicted octanol–water partition coefficient (Wildman–Crippen LogP) is 1.83. The van der Waals surface area contributed by atoms with Crippen molar-refractivity contribution < 1.29 is 15.0 Å². The second-order valence-electron chi connectivity index (χ2n) is 5.51. The molecule has 2 atom stereocenters. The van der Waals surface area contributed by atoms with Crippen molar-refractivity contribution >= 4 is 16.9 Å². The van der Waals surface area contributed by atoms with E-state index in [2.05, 4.69) is 5.32 Å². The molecule has 0 saturated carbocycles. The third kappa shape index (κ3) is 4.81. The highest BCUT2D eigenvalue weighted by Crippen LogP contribution is 2.27. The van der Waals surface area contributed by atoms with Crippen LogP contribution in [0.4, 0.5) is 0 Å². The third-order valence-electron chi connectivity index (χ3n) is 3.91. The van der Waals surface area contributed by atoms with Gasteiger partial charge in [0.05, 0.1) is 6.10 Å². The van der Waals surface area contributed by atoms with Gasteiger partial charge in [-0.2, -0.15) is 0 Å². The minimum absolute atomic E-state index is 0.0532. The van der Waals surface area contributed by atoms with Crippen molar-refractivity contribution in [3.63, 3.8) is 0 Å². The molecule has 0 amide bonds. The van der Waals surface area contributed by atoms with Crippen LogP contribution in [0.15, 0.2) is 24.3 Å². The number of benzene rings is 1. The van der Waals surface area contributed by atoms with Gasteiger partial charge in [-0.3, -0.25) is 4.79 Å². The van der Waals surface area contributed by atoms with E-state index in [4.69, 9.17) is 0 Å². The van der Waals surface area contributed by atoms with E-state index in [9.17, 15) is 15.0 Å². The lowest BCUT2D eigenvalue weighted by atomic mass is 9.89. The zero-order valence-electron chi connectivity index (χ0n) is 12.3. The Kier molecular flexibility index (Phi) is 6.23. The lowest BCUT2D eigenvalue weighted by molar-refractivity contribution is -0.109. The first-order valence-corrected chi connectivity index (χ1v) is 8.36. The number of aliphatic hydroxyl groups is 2. The van der Waals surface area contributed by atoms with Gasteiger partial charge in [0.25, 0.3) is 0 Å². The topological polar surface area (TPSA) is 69.6 Å². The van der Waals surface area contributed by atoms with Crippen molar-refractivity contribution in [3.05, 3.63) is 35.4 Å². The zero-order valence-corrected chi connectivity index (χ0v) is 13.1. The summed E-state index contributed by atoms with van der Waals surface area (Å²) in [6, 6.07) is 7.84. The highest BCUT2D eigenvalue weighted by atomic mass is 32.2. The molecule has 21 heavy (non-hydrogen) atoms. The summed E-state index contributed by atoms with van der Waals surface area (Å²) in [5, 5.41) is 23.3. The monoisotopic (exact) mass is 309 g/mol. The fourth-order valence-electron chi connectivity index (χ4n) is 2.64. The van der Waals surface area contributed by atoms with Gasteiger partial charge in [0.15, 0.2) is 5.12 Å². The van der Waals surface area contributed by atoms with Crippen molar-refractivity contribution in [3.8, 4) is 0 Å². The van der Waals surface area contributed by atoms with Crippen LogP contribution >= 0.6 is 11.8 Å². The first-order valence-electron chi connectivity index (χ1n) is 7.38. The van der Waals surface area contributed by atoms with Crippen molar-refractivity contribution in [2.24, 2.45) is 0 Å². The van der Waals surface area contributed by atoms with E-state index in [-0.39, 0.29) is 10.9 Å². The van der Waals surface area contributed by atoms with Crippen LogP contribution in [-0.4, -0.2) is 40.3 Å². The Morgan fingerprint density at radius 1 is 1.29 bits per heavy atom. The van der Waals surface area contributed by atoms with Crippen molar-refractivity contribution in [2.45, 2.75) is 37.9 Å². The molecule has 3 N–H and O–H groups in total. The van der Waals surface area contributed by atoms with Gasteiger partial charge in [-0.25, -0.2) is 0 Å². The number of hydrogen-bond acceptors (Lipinski definition) is 5. The number of piperidine rings is 1. The van der Waals surface area contributed by atoms with Crippen LogP contribution in [-0.2, 0) is 4.79 Å². The number of hydrogen-bond donors (Lipinski definition) is 3. The molecule has 0 aliphatic carbocycles. The smallest absolute Gasteiger partial charge is 0.185 e.